The van der Waals surface area contributed by atoms with Crippen molar-refractivity contribution in [2.75, 3.05) is 6.61 Å². The molecule has 0 aromatic rings. The molecular formula is C37H74O2. The Morgan fingerprint density at radius 3 is 1.03 bits per heavy atom. The van der Waals surface area contributed by atoms with Crippen molar-refractivity contribution in [2.45, 2.75) is 220 Å². The Hall–Kier alpha value is -0.530. The summed E-state index contributed by atoms with van der Waals surface area (Å²) in [5, 5.41) is 0. The molecule has 2 nitrogen and oxygen atoms in total. The molecule has 0 radical (unpaired) electrons. The molecule has 0 spiro atoms. The van der Waals surface area contributed by atoms with Crippen molar-refractivity contribution in [3.05, 3.63) is 0 Å². The summed E-state index contributed by atoms with van der Waals surface area (Å²) in [6.07, 6.45) is 41.1. The quantitative estimate of drug-likeness (QED) is 0.0600. The predicted molar refractivity (Wildman–Crippen MR) is 175 cm³/mol. The van der Waals surface area contributed by atoms with Crippen LogP contribution in [0, 0.1) is 5.92 Å². The fourth-order valence-electron chi connectivity index (χ4n) is 5.84. The smallest absolute Gasteiger partial charge is 0.305 e. The lowest BCUT2D eigenvalue weighted by Crippen LogP contribution is -2.14. The average Bonchev–Trinajstić information content (AvgIpc) is 2.94. The molecule has 0 aliphatic heterocycles. The first kappa shape index (κ1) is 38.5. The van der Waals surface area contributed by atoms with Gasteiger partial charge in [-0.3, -0.25) is 4.79 Å². The Balaban J connectivity index is 3.92. The standard InChI is InChI=1S/C37H74O2/c1-4-7-10-13-16-18-19-20-22-25-28-31-34-37(38)39-35-36(32-29-26-23-15-12-9-6-3)33-30-27-24-21-17-14-11-8-5-2/h36H,4-35H2,1-3H3. The van der Waals surface area contributed by atoms with Gasteiger partial charge in [0.1, 0.15) is 0 Å². The normalized spacial score (nSPS) is 12.2. The largest absolute Gasteiger partial charge is 0.465 e. The summed E-state index contributed by atoms with van der Waals surface area (Å²) in [7, 11) is 0. The summed E-state index contributed by atoms with van der Waals surface area (Å²) in [5.74, 6) is 0.634. The lowest BCUT2D eigenvalue weighted by Gasteiger charge is -2.17. The van der Waals surface area contributed by atoms with Crippen LogP contribution in [-0.4, -0.2) is 12.6 Å². The molecule has 0 saturated heterocycles. The molecule has 0 bridgehead atoms. The highest BCUT2D eigenvalue weighted by Crippen LogP contribution is 2.21. The van der Waals surface area contributed by atoms with Crippen LogP contribution >= 0.6 is 0 Å². The number of ether oxygens (including phenoxy) is 1. The minimum Gasteiger partial charge on any atom is -0.465 e. The summed E-state index contributed by atoms with van der Waals surface area (Å²) in [4.78, 5) is 12.4. The zero-order valence-corrected chi connectivity index (χ0v) is 27.5. The van der Waals surface area contributed by atoms with Gasteiger partial charge in [-0.05, 0) is 25.2 Å². The number of hydrogen-bond donors (Lipinski definition) is 0. The molecule has 0 amide bonds. The van der Waals surface area contributed by atoms with E-state index in [0.29, 0.717) is 18.9 Å². The zero-order valence-electron chi connectivity index (χ0n) is 27.5. The first-order valence-electron chi connectivity index (χ1n) is 18.4. The molecule has 1 atom stereocenters. The zero-order chi connectivity index (χ0) is 28.5. The third-order valence-electron chi connectivity index (χ3n) is 8.65. The van der Waals surface area contributed by atoms with E-state index in [2.05, 4.69) is 20.8 Å². The van der Waals surface area contributed by atoms with Crippen molar-refractivity contribution in [3.8, 4) is 0 Å². The van der Waals surface area contributed by atoms with Gasteiger partial charge in [0.15, 0.2) is 0 Å². The summed E-state index contributed by atoms with van der Waals surface area (Å²) >= 11 is 0. The van der Waals surface area contributed by atoms with Crippen LogP contribution in [0.2, 0.25) is 0 Å². The highest BCUT2D eigenvalue weighted by molar-refractivity contribution is 5.69. The van der Waals surface area contributed by atoms with E-state index in [4.69, 9.17) is 4.74 Å². The maximum Gasteiger partial charge on any atom is 0.305 e. The van der Waals surface area contributed by atoms with Crippen LogP contribution in [0.3, 0.4) is 0 Å². The number of unbranched alkanes of at least 4 members (excludes halogenated alkanes) is 25. The molecule has 0 aromatic carbocycles. The third kappa shape index (κ3) is 31.9. The average molecular weight is 551 g/mol. The predicted octanol–water partition coefficient (Wildman–Crippen LogP) is 13.3. The second-order valence-electron chi connectivity index (χ2n) is 12.7. The van der Waals surface area contributed by atoms with Gasteiger partial charge in [-0.1, -0.05) is 194 Å². The first-order chi connectivity index (χ1) is 19.2. The molecule has 0 saturated carbocycles. The Kier molecular flexibility index (Phi) is 33.2. The Morgan fingerprint density at radius 2 is 0.692 bits per heavy atom. The van der Waals surface area contributed by atoms with Gasteiger partial charge in [-0.25, -0.2) is 0 Å². The van der Waals surface area contributed by atoms with Gasteiger partial charge < -0.3 is 4.74 Å². The second-order valence-corrected chi connectivity index (χ2v) is 12.7. The number of hydrogen-bond acceptors (Lipinski definition) is 2. The van der Waals surface area contributed by atoms with Gasteiger partial charge in [0, 0.05) is 6.42 Å². The lowest BCUT2D eigenvalue weighted by molar-refractivity contribution is -0.145. The first-order valence-corrected chi connectivity index (χ1v) is 18.4. The summed E-state index contributed by atoms with van der Waals surface area (Å²) < 4.78 is 5.81. The molecule has 0 aliphatic carbocycles. The van der Waals surface area contributed by atoms with E-state index < -0.39 is 0 Å². The number of rotatable bonds is 33. The molecule has 0 fully saturated rings. The van der Waals surface area contributed by atoms with E-state index >= 15 is 0 Å². The molecule has 0 heterocycles. The summed E-state index contributed by atoms with van der Waals surface area (Å²) in [5.41, 5.74) is 0. The Labute approximate surface area is 247 Å². The molecule has 0 rings (SSSR count). The van der Waals surface area contributed by atoms with Crippen molar-refractivity contribution in [2.24, 2.45) is 5.92 Å². The van der Waals surface area contributed by atoms with Crippen LogP contribution in [0.5, 0.6) is 0 Å². The fourth-order valence-corrected chi connectivity index (χ4v) is 5.84. The Morgan fingerprint density at radius 1 is 0.410 bits per heavy atom. The summed E-state index contributed by atoms with van der Waals surface area (Å²) in [6, 6.07) is 0. The molecule has 0 aromatic heterocycles. The van der Waals surface area contributed by atoms with Crippen molar-refractivity contribution >= 4 is 5.97 Å². The van der Waals surface area contributed by atoms with Gasteiger partial charge in [0.05, 0.1) is 6.61 Å². The van der Waals surface area contributed by atoms with Crippen LogP contribution < -0.4 is 0 Å². The SMILES string of the molecule is CCCCCCCCCCCCCCC(=O)OCC(CCCCCCCCC)CCCCCCCCCCC. The minimum atomic E-state index is 0.0544. The molecule has 39 heavy (non-hydrogen) atoms. The van der Waals surface area contributed by atoms with Crippen molar-refractivity contribution in [3.63, 3.8) is 0 Å². The number of carbonyl (C=O) groups is 1. The van der Waals surface area contributed by atoms with Crippen molar-refractivity contribution in [1.82, 2.24) is 0 Å². The van der Waals surface area contributed by atoms with Gasteiger partial charge in [0.25, 0.3) is 0 Å². The van der Waals surface area contributed by atoms with Crippen molar-refractivity contribution in [1.29, 1.82) is 0 Å². The van der Waals surface area contributed by atoms with E-state index in [1.54, 1.807) is 0 Å². The lowest BCUT2D eigenvalue weighted by atomic mass is 9.94. The van der Waals surface area contributed by atoms with Crippen LogP contribution in [0.1, 0.15) is 220 Å². The second kappa shape index (κ2) is 33.7. The van der Waals surface area contributed by atoms with Gasteiger partial charge >= 0.3 is 5.97 Å². The monoisotopic (exact) mass is 551 g/mol. The molecule has 2 heteroatoms. The maximum atomic E-state index is 12.4. The van der Waals surface area contributed by atoms with Crippen LogP contribution in [0.15, 0.2) is 0 Å². The van der Waals surface area contributed by atoms with E-state index in [9.17, 15) is 4.79 Å². The molecule has 1 unspecified atom stereocenters. The molecule has 0 N–H and O–H groups in total. The molecule has 0 aliphatic rings. The minimum absolute atomic E-state index is 0.0544. The maximum absolute atomic E-state index is 12.4. The van der Waals surface area contributed by atoms with Gasteiger partial charge in [0.2, 0.25) is 0 Å². The number of esters is 1. The molecular weight excluding hydrogens is 476 g/mol. The number of carbonyl (C=O) groups excluding carboxylic acids is 1. The fraction of sp³-hybridized carbons (Fsp3) is 0.973. The van der Waals surface area contributed by atoms with Crippen molar-refractivity contribution < 1.29 is 9.53 Å². The third-order valence-corrected chi connectivity index (χ3v) is 8.65. The highest BCUT2D eigenvalue weighted by atomic mass is 16.5. The van der Waals surface area contributed by atoms with E-state index in [0.717, 1.165) is 6.42 Å². The highest BCUT2D eigenvalue weighted by Gasteiger charge is 2.12. The van der Waals surface area contributed by atoms with Crippen LogP contribution in [0.4, 0.5) is 0 Å². The molecule has 234 valence electrons. The summed E-state index contributed by atoms with van der Waals surface area (Å²) in [6.45, 7) is 7.54. The van der Waals surface area contributed by atoms with E-state index in [1.165, 1.54) is 186 Å². The van der Waals surface area contributed by atoms with E-state index in [-0.39, 0.29) is 5.97 Å². The van der Waals surface area contributed by atoms with Gasteiger partial charge in [-0.2, -0.15) is 0 Å². The topological polar surface area (TPSA) is 26.3 Å². The van der Waals surface area contributed by atoms with Gasteiger partial charge in [-0.15, -0.1) is 0 Å². The van der Waals surface area contributed by atoms with Crippen LogP contribution in [-0.2, 0) is 9.53 Å². The van der Waals surface area contributed by atoms with E-state index in [1.807, 2.05) is 0 Å². The Bertz CT molecular complexity index is 460. The van der Waals surface area contributed by atoms with Crippen LogP contribution in [0.25, 0.3) is 0 Å².